The average Bonchev–Trinajstić information content (AvgIpc) is 3.08. The van der Waals surface area contributed by atoms with Crippen LogP contribution < -0.4 is 4.90 Å². The van der Waals surface area contributed by atoms with Crippen molar-refractivity contribution in [3.05, 3.63) is 65.0 Å². The van der Waals surface area contributed by atoms with Crippen molar-refractivity contribution >= 4 is 32.5 Å². The van der Waals surface area contributed by atoms with Crippen LogP contribution in [0.5, 0.6) is 0 Å². The molecule has 2 aliphatic rings. The van der Waals surface area contributed by atoms with Crippen LogP contribution in [-0.4, -0.2) is 37.2 Å². The number of sulfone groups is 1. The molecule has 0 bridgehead atoms. The number of benzene rings is 2. The van der Waals surface area contributed by atoms with Gasteiger partial charge in [-0.25, -0.2) is 12.8 Å². The highest BCUT2D eigenvalue weighted by atomic mass is 32.2. The number of aryl methyl sites for hydroxylation is 2. The zero-order chi connectivity index (χ0) is 19.2. The monoisotopic (exact) mass is 404 g/mol. The van der Waals surface area contributed by atoms with Crippen LogP contribution in [0.3, 0.4) is 0 Å². The van der Waals surface area contributed by atoms with E-state index in [2.05, 4.69) is 6.07 Å². The van der Waals surface area contributed by atoms with Crippen LogP contribution in [0.4, 0.5) is 10.1 Å². The van der Waals surface area contributed by atoms with E-state index in [0.717, 1.165) is 16.4 Å². The molecule has 0 radical (unpaired) electrons. The summed E-state index contributed by atoms with van der Waals surface area (Å²) in [5, 5.41) is 0.770. The van der Waals surface area contributed by atoms with Crippen LogP contribution in [0.15, 0.2) is 47.5 Å². The molecule has 2 heterocycles. The fourth-order valence-electron chi connectivity index (χ4n) is 3.57. The van der Waals surface area contributed by atoms with Gasteiger partial charge in [-0.3, -0.25) is 4.99 Å². The Morgan fingerprint density at radius 3 is 2.67 bits per heavy atom. The topological polar surface area (TPSA) is 49.7 Å². The number of anilines is 1. The summed E-state index contributed by atoms with van der Waals surface area (Å²) in [6.07, 6.45) is 0. The van der Waals surface area contributed by atoms with Gasteiger partial charge >= 0.3 is 0 Å². The molecule has 0 aromatic heterocycles. The highest BCUT2D eigenvalue weighted by Crippen LogP contribution is 2.36. The maximum absolute atomic E-state index is 14.0. The number of amidine groups is 1. The van der Waals surface area contributed by atoms with Crippen molar-refractivity contribution < 1.29 is 12.8 Å². The summed E-state index contributed by atoms with van der Waals surface area (Å²) in [4.78, 5) is 6.74. The Labute approximate surface area is 163 Å². The lowest BCUT2D eigenvalue weighted by atomic mass is 10.1. The number of fused-ring (bicyclic) bond motifs is 1. The molecule has 4 nitrogen and oxygen atoms in total. The van der Waals surface area contributed by atoms with Crippen molar-refractivity contribution in [1.29, 1.82) is 0 Å². The first-order valence-electron chi connectivity index (χ1n) is 8.85. The summed E-state index contributed by atoms with van der Waals surface area (Å²) in [5.74, 6) is 0.420. The Balaban J connectivity index is 1.65. The highest BCUT2D eigenvalue weighted by molar-refractivity contribution is 8.13. The molecule has 4 rings (SSSR count). The van der Waals surface area contributed by atoms with E-state index in [9.17, 15) is 12.8 Å². The normalized spacial score (nSPS) is 23.4. The first-order valence-corrected chi connectivity index (χ1v) is 11.7. The second-order valence-electron chi connectivity index (χ2n) is 7.14. The molecule has 1 saturated heterocycles. The molecule has 0 amide bonds. The van der Waals surface area contributed by atoms with Gasteiger partial charge in [-0.15, -0.1) is 0 Å². The van der Waals surface area contributed by atoms with Gasteiger partial charge in [0.05, 0.1) is 23.6 Å². The maximum Gasteiger partial charge on any atom is 0.164 e. The van der Waals surface area contributed by atoms with Crippen LogP contribution in [0.2, 0.25) is 0 Å². The third-order valence-corrected chi connectivity index (χ3v) is 7.91. The van der Waals surface area contributed by atoms with Gasteiger partial charge in [0.2, 0.25) is 0 Å². The first kappa shape index (κ1) is 18.5. The zero-order valence-corrected chi connectivity index (χ0v) is 16.9. The Morgan fingerprint density at radius 1 is 1.15 bits per heavy atom. The van der Waals surface area contributed by atoms with E-state index in [1.54, 1.807) is 12.1 Å². The number of hydrogen-bond acceptors (Lipinski definition) is 5. The van der Waals surface area contributed by atoms with Gasteiger partial charge in [0, 0.05) is 11.4 Å². The summed E-state index contributed by atoms with van der Waals surface area (Å²) in [7, 11) is -3.08. The van der Waals surface area contributed by atoms with Crippen molar-refractivity contribution in [3.63, 3.8) is 0 Å². The van der Waals surface area contributed by atoms with Gasteiger partial charge in [0.15, 0.2) is 15.0 Å². The predicted octanol–water partition coefficient (Wildman–Crippen LogP) is 3.72. The van der Waals surface area contributed by atoms with Crippen LogP contribution in [0.1, 0.15) is 16.7 Å². The number of nitrogens with zero attached hydrogens (tertiary/aromatic N) is 2. The number of halogens is 1. The van der Waals surface area contributed by atoms with Crippen molar-refractivity contribution in [2.45, 2.75) is 31.7 Å². The minimum Gasteiger partial charge on any atom is -0.315 e. The molecule has 0 aliphatic carbocycles. The minimum atomic E-state index is -3.08. The Morgan fingerprint density at radius 2 is 1.93 bits per heavy atom. The second kappa shape index (κ2) is 6.95. The summed E-state index contributed by atoms with van der Waals surface area (Å²) in [5.41, 5.74) is 3.90. The second-order valence-corrected chi connectivity index (χ2v) is 10.2. The molecule has 0 saturated carbocycles. The van der Waals surface area contributed by atoms with Gasteiger partial charge in [0.25, 0.3) is 0 Å². The molecule has 0 spiro atoms. The van der Waals surface area contributed by atoms with Crippen molar-refractivity contribution in [2.75, 3.05) is 16.4 Å². The van der Waals surface area contributed by atoms with E-state index in [1.165, 1.54) is 23.4 Å². The molecule has 27 heavy (non-hydrogen) atoms. The Bertz CT molecular complexity index is 1020. The Kier molecular flexibility index (Phi) is 4.76. The SMILES string of the molecule is Cc1ccc(N2C(SCc3ccccc3F)=N[C@@H]3CS(=O)(=O)C[C@H]32)cc1C. The summed E-state index contributed by atoms with van der Waals surface area (Å²) in [6, 6.07) is 12.4. The smallest absolute Gasteiger partial charge is 0.164 e. The van der Waals surface area contributed by atoms with E-state index in [-0.39, 0.29) is 29.4 Å². The van der Waals surface area contributed by atoms with Gasteiger partial charge < -0.3 is 4.90 Å². The highest BCUT2D eigenvalue weighted by Gasteiger charge is 2.47. The van der Waals surface area contributed by atoms with Gasteiger partial charge in [-0.05, 0) is 48.7 Å². The van der Waals surface area contributed by atoms with Crippen LogP contribution in [0.25, 0.3) is 0 Å². The van der Waals surface area contributed by atoms with E-state index in [4.69, 9.17) is 4.99 Å². The van der Waals surface area contributed by atoms with Gasteiger partial charge in [0.1, 0.15) is 5.82 Å². The third kappa shape index (κ3) is 3.62. The molecule has 2 aromatic carbocycles. The van der Waals surface area contributed by atoms with Crippen LogP contribution in [0, 0.1) is 19.7 Å². The lowest BCUT2D eigenvalue weighted by Crippen LogP contribution is -2.39. The largest absolute Gasteiger partial charge is 0.315 e. The van der Waals surface area contributed by atoms with Crippen LogP contribution in [-0.2, 0) is 15.6 Å². The molecular weight excluding hydrogens is 383 g/mol. The summed E-state index contributed by atoms with van der Waals surface area (Å²) < 4.78 is 38.2. The quantitative estimate of drug-likeness (QED) is 0.782. The van der Waals surface area contributed by atoms with Crippen molar-refractivity contribution in [2.24, 2.45) is 4.99 Å². The molecule has 0 unspecified atom stereocenters. The van der Waals surface area contributed by atoms with Crippen molar-refractivity contribution in [3.8, 4) is 0 Å². The predicted molar refractivity (Wildman–Crippen MR) is 110 cm³/mol. The lowest BCUT2D eigenvalue weighted by molar-refractivity contribution is 0.601. The maximum atomic E-state index is 14.0. The average molecular weight is 405 g/mol. The Hall–Kier alpha value is -1.86. The number of hydrogen-bond donors (Lipinski definition) is 0. The molecule has 2 aromatic rings. The van der Waals surface area contributed by atoms with E-state index < -0.39 is 9.84 Å². The molecular formula is C20H21FN2O2S2. The molecule has 142 valence electrons. The fourth-order valence-corrected chi connectivity index (χ4v) is 6.52. The van der Waals surface area contributed by atoms with Gasteiger partial charge in [-0.1, -0.05) is 36.0 Å². The van der Waals surface area contributed by atoms with Crippen LogP contribution >= 0.6 is 11.8 Å². The van der Waals surface area contributed by atoms with E-state index in [1.807, 2.05) is 36.9 Å². The molecule has 2 aliphatic heterocycles. The van der Waals surface area contributed by atoms with E-state index >= 15 is 0 Å². The van der Waals surface area contributed by atoms with E-state index in [0.29, 0.717) is 11.3 Å². The molecule has 2 atom stereocenters. The fraction of sp³-hybridized carbons (Fsp3) is 0.350. The van der Waals surface area contributed by atoms with Crippen molar-refractivity contribution in [1.82, 2.24) is 0 Å². The molecule has 1 fully saturated rings. The van der Waals surface area contributed by atoms with Gasteiger partial charge in [-0.2, -0.15) is 0 Å². The zero-order valence-electron chi connectivity index (χ0n) is 15.2. The molecule has 7 heteroatoms. The summed E-state index contributed by atoms with van der Waals surface area (Å²) >= 11 is 1.46. The number of rotatable bonds is 3. The summed E-state index contributed by atoms with van der Waals surface area (Å²) in [6.45, 7) is 4.09. The minimum absolute atomic E-state index is 0.0861. The molecule has 0 N–H and O–H groups in total. The third-order valence-electron chi connectivity index (χ3n) is 5.19. The number of thioether (sulfide) groups is 1. The first-order chi connectivity index (χ1) is 12.8. The standard InChI is InChI=1S/C20H21FN2O2S2/c1-13-7-8-16(9-14(13)2)23-19-12-27(24,25)11-18(19)22-20(23)26-10-15-5-3-4-6-17(15)21/h3-9,18-19H,10-12H2,1-2H3/t18-,19-/m1/s1. The lowest BCUT2D eigenvalue weighted by Gasteiger charge is -2.27. The number of aliphatic imine (C=N–C) groups is 1.